The summed E-state index contributed by atoms with van der Waals surface area (Å²) in [6.07, 6.45) is 2.24. The SMILES string of the molecule is O=C(Cc1ccc([N+](=O)[O-])cc1)Nc1ccc2c(ccn2CCN2CCOCC2)c1. The Balaban J connectivity index is 1.36. The van der Waals surface area contributed by atoms with Crippen LogP contribution in [0.1, 0.15) is 5.56 Å². The Morgan fingerprint density at radius 3 is 2.57 bits per heavy atom. The minimum Gasteiger partial charge on any atom is -0.379 e. The molecule has 1 aliphatic heterocycles. The number of nitro benzene ring substituents is 1. The van der Waals surface area contributed by atoms with E-state index in [1.54, 1.807) is 12.1 Å². The van der Waals surface area contributed by atoms with E-state index in [2.05, 4.69) is 27.0 Å². The molecule has 1 aromatic heterocycles. The molecule has 0 spiro atoms. The maximum absolute atomic E-state index is 12.4. The van der Waals surface area contributed by atoms with E-state index >= 15 is 0 Å². The minimum atomic E-state index is -0.452. The van der Waals surface area contributed by atoms with Crippen molar-refractivity contribution in [2.24, 2.45) is 0 Å². The molecule has 1 amide bonds. The quantitative estimate of drug-likeness (QED) is 0.479. The lowest BCUT2D eigenvalue weighted by molar-refractivity contribution is -0.384. The number of carbonyl (C=O) groups is 1. The summed E-state index contributed by atoms with van der Waals surface area (Å²) in [4.78, 5) is 25.0. The van der Waals surface area contributed by atoms with Crippen LogP contribution in [0.25, 0.3) is 10.9 Å². The molecular weight excluding hydrogens is 384 g/mol. The highest BCUT2D eigenvalue weighted by molar-refractivity contribution is 5.95. The van der Waals surface area contributed by atoms with Crippen LogP contribution >= 0.6 is 0 Å². The van der Waals surface area contributed by atoms with E-state index < -0.39 is 4.92 Å². The number of benzene rings is 2. The Kier molecular flexibility index (Phi) is 6.06. The van der Waals surface area contributed by atoms with Crippen molar-refractivity contribution in [3.8, 4) is 0 Å². The number of nitrogens with one attached hydrogen (secondary N) is 1. The number of morpholine rings is 1. The third-order valence-corrected chi connectivity index (χ3v) is 5.33. The number of ether oxygens (including phenoxy) is 1. The van der Waals surface area contributed by atoms with Crippen LogP contribution in [-0.4, -0.2) is 53.1 Å². The number of rotatable bonds is 7. The number of hydrogen-bond donors (Lipinski definition) is 1. The summed E-state index contributed by atoms with van der Waals surface area (Å²) in [6, 6.07) is 14.0. The molecule has 0 unspecified atom stereocenters. The predicted octanol–water partition coefficient (Wildman–Crippen LogP) is 3.06. The number of non-ortho nitro benzene ring substituents is 1. The van der Waals surface area contributed by atoms with Crippen LogP contribution in [0, 0.1) is 10.1 Å². The van der Waals surface area contributed by atoms with Crippen molar-refractivity contribution >= 4 is 28.2 Å². The highest BCUT2D eigenvalue weighted by Gasteiger charge is 2.12. The number of anilines is 1. The Bertz CT molecular complexity index is 1040. The van der Waals surface area contributed by atoms with Crippen LogP contribution in [0.5, 0.6) is 0 Å². The number of carbonyl (C=O) groups excluding carboxylic acids is 1. The third-order valence-electron chi connectivity index (χ3n) is 5.33. The summed E-state index contributed by atoms with van der Waals surface area (Å²) in [5, 5.41) is 14.7. The molecule has 1 saturated heterocycles. The van der Waals surface area contributed by atoms with Gasteiger partial charge in [-0.3, -0.25) is 19.8 Å². The first-order chi connectivity index (χ1) is 14.6. The summed E-state index contributed by atoms with van der Waals surface area (Å²) >= 11 is 0. The fourth-order valence-electron chi connectivity index (χ4n) is 3.67. The molecule has 8 nitrogen and oxygen atoms in total. The molecule has 1 aliphatic rings. The monoisotopic (exact) mass is 408 g/mol. The van der Waals surface area contributed by atoms with E-state index in [-0.39, 0.29) is 18.0 Å². The van der Waals surface area contributed by atoms with Gasteiger partial charge in [0.1, 0.15) is 0 Å². The molecule has 0 bridgehead atoms. The largest absolute Gasteiger partial charge is 0.379 e. The van der Waals surface area contributed by atoms with Crippen molar-refractivity contribution in [3.05, 3.63) is 70.4 Å². The van der Waals surface area contributed by atoms with Gasteiger partial charge in [-0.05, 0) is 29.8 Å². The second-order valence-corrected chi connectivity index (χ2v) is 7.39. The van der Waals surface area contributed by atoms with Crippen molar-refractivity contribution in [1.29, 1.82) is 0 Å². The van der Waals surface area contributed by atoms with Crippen LogP contribution in [-0.2, 0) is 22.5 Å². The minimum absolute atomic E-state index is 0.0164. The van der Waals surface area contributed by atoms with E-state index in [0.717, 1.165) is 61.5 Å². The van der Waals surface area contributed by atoms with Gasteiger partial charge in [0, 0.05) is 61.1 Å². The fourth-order valence-corrected chi connectivity index (χ4v) is 3.67. The van der Waals surface area contributed by atoms with Gasteiger partial charge in [-0.2, -0.15) is 0 Å². The molecule has 30 heavy (non-hydrogen) atoms. The molecule has 1 N–H and O–H groups in total. The van der Waals surface area contributed by atoms with Crippen molar-refractivity contribution in [1.82, 2.24) is 9.47 Å². The van der Waals surface area contributed by atoms with Crippen molar-refractivity contribution in [2.45, 2.75) is 13.0 Å². The number of aromatic nitrogens is 1. The molecule has 8 heteroatoms. The lowest BCUT2D eigenvalue weighted by Gasteiger charge is -2.26. The molecule has 0 saturated carbocycles. The lowest BCUT2D eigenvalue weighted by Crippen LogP contribution is -2.38. The number of nitrogens with zero attached hydrogens (tertiary/aromatic N) is 3. The highest BCUT2D eigenvalue weighted by Crippen LogP contribution is 2.21. The second-order valence-electron chi connectivity index (χ2n) is 7.39. The van der Waals surface area contributed by atoms with E-state index in [9.17, 15) is 14.9 Å². The fraction of sp³-hybridized carbons (Fsp3) is 0.318. The van der Waals surface area contributed by atoms with Crippen LogP contribution < -0.4 is 5.32 Å². The zero-order chi connectivity index (χ0) is 20.9. The van der Waals surface area contributed by atoms with Gasteiger partial charge in [0.25, 0.3) is 5.69 Å². The smallest absolute Gasteiger partial charge is 0.269 e. The van der Waals surface area contributed by atoms with Gasteiger partial charge in [0.15, 0.2) is 0 Å². The lowest BCUT2D eigenvalue weighted by atomic mass is 10.1. The third kappa shape index (κ3) is 4.84. The second kappa shape index (κ2) is 9.06. The van der Waals surface area contributed by atoms with Gasteiger partial charge in [0.05, 0.1) is 24.6 Å². The molecule has 1 fully saturated rings. The number of nitro groups is 1. The van der Waals surface area contributed by atoms with Gasteiger partial charge < -0.3 is 14.6 Å². The average molecular weight is 408 g/mol. The van der Waals surface area contributed by atoms with E-state index in [1.807, 2.05) is 18.2 Å². The maximum Gasteiger partial charge on any atom is 0.269 e. The number of amides is 1. The van der Waals surface area contributed by atoms with E-state index in [1.165, 1.54) is 12.1 Å². The molecule has 0 aliphatic carbocycles. The molecule has 2 heterocycles. The first kappa shape index (κ1) is 20.1. The van der Waals surface area contributed by atoms with Crippen LogP contribution in [0.3, 0.4) is 0 Å². The normalized spacial score (nSPS) is 14.7. The number of hydrogen-bond acceptors (Lipinski definition) is 5. The predicted molar refractivity (Wildman–Crippen MR) is 115 cm³/mol. The summed E-state index contributed by atoms with van der Waals surface area (Å²) in [7, 11) is 0. The summed E-state index contributed by atoms with van der Waals surface area (Å²) < 4.78 is 7.62. The van der Waals surface area contributed by atoms with Crippen LogP contribution in [0.15, 0.2) is 54.7 Å². The Morgan fingerprint density at radius 1 is 1.07 bits per heavy atom. The topological polar surface area (TPSA) is 89.6 Å². The van der Waals surface area contributed by atoms with Gasteiger partial charge in [0.2, 0.25) is 5.91 Å². The first-order valence-corrected chi connectivity index (χ1v) is 10.0. The average Bonchev–Trinajstić information content (AvgIpc) is 3.15. The van der Waals surface area contributed by atoms with E-state index in [0.29, 0.717) is 0 Å². The maximum atomic E-state index is 12.4. The summed E-state index contributed by atoms with van der Waals surface area (Å²) in [6.45, 7) is 5.45. The van der Waals surface area contributed by atoms with Gasteiger partial charge >= 0.3 is 0 Å². The van der Waals surface area contributed by atoms with Gasteiger partial charge in [-0.15, -0.1) is 0 Å². The molecule has 156 valence electrons. The zero-order valence-electron chi connectivity index (χ0n) is 16.6. The molecule has 0 atom stereocenters. The number of fused-ring (bicyclic) bond motifs is 1. The van der Waals surface area contributed by atoms with Crippen molar-refractivity contribution in [3.63, 3.8) is 0 Å². The Morgan fingerprint density at radius 2 is 1.83 bits per heavy atom. The standard InChI is InChI=1S/C22H24N4O4/c27-22(15-17-1-4-20(5-2-17)26(28)29)23-19-3-6-21-18(16-19)7-8-25(21)10-9-24-11-13-30-14-12-24/h1-8,16H,9-15H2,(H,23,27). The van der Waals surface area contributed by atoms with Crippen LogP contribution in [0.4, 0.5) is 11.4 Å². The first-order valence-electron chi connectivity index (χ1n) is 10.0. The zero-order valence-corrected chi connectivity index (χ0v) is 16.6. The Labute approximate surface area is 174 Å². The summed E-state index contributed by atoms with van der Waals surface area (Å²) in [5.41, 5.74) is 2.62. The molecule has 2 aromatic carbocycles. The highest BCUT2D eigenvalue weighted by atomic mass is 16.6. The molecule has 3 aromatic rings. The van der Waals surface area contributed by atoms with Gasteiger partial charge in [-0.25, -0.2) is 0 Å². The Hall–Kier alpha value is -3.23. The van der Waals surface area contributed by atoms with Crippen molar-refractivity contribution in [2.75, 3.05) is 38.2 Å². The summed E-state index contributed by atoms with van der Waals surface area (Å²) in [5.74, 6) is -0.157. The van der Waals surface area contributed by atoms with Gasteiger partial charge in [-0.1, -0.05) is 12.1 Å². The van der Waals surface area contributed by atoms with E-state index in [4.69, 9.17) is 4.74 Å². The molecular formula is C22H24N4O4. The molecule has 4 rings (SSSR count). The van der Waals surface area contributed by atoms with Crippen molar-refractivity contribution < 1.29 is 14.5 Å². The van der Waals surface area contributed by atoms with Crippen LogP contribution in [0.2, 0.25) is 0 Å². The molecule has 0 radical (unpaired) electrons.